The predicted molar refractivity (Wildman–Crippen MR) is 104 cm³/mol. The molecule has 154 valence electrons. The molecule has 7 heteroatoms. The molecule has 0 fully saturated rings. The summed E-state index contributed by atoms with van der Waals surface area (Å²) in [5.41, 5.74) is 0.878. The van der Waals surface area contributed by atoms with Crippen molar-refractivity contribution in [2.45, 2.75) is 32.7 Å². The molecule has 0 amide bonds. The highest BCUT2D eigenvalue weighted by molar-refractivity contribution is 5.73. The van der Waals surface area contributed by atoms with Gasteiger partial charge in [0.2, 0.25) is 0 Å². The molecule has 1 aromatic rings. The van der Waals surface area contributed by atoms with Gasteiger partial charge in [0, 0.05) is 31.9 Å². The highest BCUT2D eigenvalue weighted by atomic mass is 16.5. The summed E-state index contributed by atoms with van der Waals surface area (Å²) in [6.07, 6.45) is 0.967. The number of methoxy groups -OCH3 is 2. The normalized spacial score (nSPS) is 12.2. The average Bonchev–Trinajstić information content (AvgIpc) is 2.67. The Morgan fingerprint density at radius 1 is 1.04 bits per heavy atom. The summed E-state index contributed by atoms with van der Waals surface area (Å²) in [6.45, 7) is 7.13. The van der Waals surface area contributed by atoms with E-state index in [0.29, 0.717) is 63.9 Å². The van der Waals surface area contributed by atoms with Crippen molar-refractivity contribution >= 4 is 5.97 Å². The van der Waals surface area contributed by atoms with Crippen LogP contribution in [0.1, 0.15) is 25.8 Å². The maximum Gasteiger partial charge on any atom is 0.320 e. The Morgan fingerprint density at radius 2 is 1.56 bits per heavy atom. The van der Waals surface area contributed by atoms with Crippen LogP contribution in [0.15, 0.2) is 18.2 Å². The lowest BCUT2D eigenvalue weighted by molar-refractivity contribution is -0.144. The Morgan fingerprint density at radius 3 is 1.96 bits per heavy atom. The molecular formula is C20H33NO6. The van der Waals surface area contributed by atoms with E-state index in [9.17, 15) is 9.90 Å². The van der Waals surface area contributed by atoms with Gasteiger partial charge in [-0.15, -0.1) is 0 Å². The van der Waals surface area contributed by atoms with Crippen molar-refractivity contribution in [3.63, 3.8) is 0 Å². The van der Waals surface area contributed by atoms with E-state index in [1.165, 1.54) is 0 Å². The first-order chi connectivity index (χ1) is 13.1. The van der Waals surface area contributed by atoms with E-state index in [-0.39, 0.29) is 0 Å². The largest absolute Gasteiger partial charge is 0.496 e. The number of rotatable bonds is 15. The second kappa shape index (κ2) is 13.4. The molecule has 0 heterocycles. The SMILES string of the molecule is CCOCCN(CCOCC)C(CCc1c(OC)cccc1OC)C(=O)O. The van der Waals surface area contributed by atoms with Crippen molar-refractivity contribution in [1.29, 1.82) is 0 Å². The van der Waals surface area contributed by atoms with Gasteiger partial charge in [-0.1, -0.05) is 6.07 Å². The summed E-state index contributed by atoms with van der Waals surface area (Å²) in [6, 6.07) is 4.93. The van der Waals surface area contributed by atoms with Gasteiger partial charge >= 0.3 is 5.97 Å². The molecular weight excluding hydrogens is 350 g/mol. The highest BCUT2D eigenvalue weighted by Crippen LogP contribution is 2.30. The van der Waals surface area contributed by atoms with Gasteiger partial charge in [0.15, 0.2) is 0 Å². The number of ether oxygens (including phenoxy) is 4. The summed E-state index contributed by atoms with van der Waals surface area (Å²) in [5, 5.41) is 9.80. The number of carboxylic acids is 1. The quantitative estimate of drug-likeness (QED) is 0.466. The van der Waals surface area contributed by atoms with E-state index in [2.05, 4.69) is 0 Å². The van der Waals surface area contributed by atoms with Gasteiger partial charge in [0.05, 0.1) is 27.4 Å². The molecule has 27 heavy (non-hydrogen) atoms. The second-order valence-electron chi connectivity index (χ2n) is 5.96. The van der Waals surface area contributed by atoms with Crippen LogP contribution in [0.3, 0.4) is 0 Å². The van der Waals surface area contributed by atoms with Crippen molar-refractivity contribution in [3.05, 3.63) is 23.8 Å². The zero-order valence-corrected chi connectivity index (χ0v) is 16.9. The maximum atomic E-state index is 12.0. The number of aliphatic carboxylic acids is 1. The van der Waals surface area contributed by atoms with Crippen LogP contribution in [0.2, 0.25) is 0 Å². The molecule has 0 aliphatic carbocycles. The smallest absolute Gasteiger partial charge is 0.320 e. The molecule has 0 saturated carbocycles. The Hall–Kier alpha value is -1.83. The third-order valence-corrected chi connectivity index (χ3v) is 4.38. The van der Waals surface area contributed by atoms with E-state index >= 15 is 0 Å². The number of carbonyl (C=O) groups is 1. The monoisotopic (exact) mass is 383 g/mol. The molecule has 0 bridgehead atoms. The topological polar surface area (TPSA) is 77.5 Å². The lowest BCUT2D eigenvalue weighted by Gasteiger charge is -2.29. The van der Waals surface area contributed by atoms with Crippen LogP contribution < -0.4 is 9.47 Å². The molecule has 1 N–H and O–H groups in total. The van der Waals surface area contributed by atoms with Gasteiger partial charge in [-0.05, 0) is 38.8 Å². The minimum absolute atomic E-state index is 0.435. The first-order valence-electron chi connectivity index (χ1n) is 9.41. The summed E-state index contributed by atoms with van der Waals surface area (Å²) in [5.74, 6) is 0.555. The summed E-state index contributed by atoms with van der Waals surface area (Å²) in [7, 11) is 3.20. The zero-order chi connectivity index (χ0) is 20.1. The summed E-state index contributed by atoms with van der Waals surface area (Å²) < 4.78 is 21.7. The standard InChI is InChI=1S/C20H33NO6/c1-5-26-14-12-21(13-15-27-6-2)17(20(22)23)11-10-16-18(24-3)8-7-9-19(16)25-4/h7-9,17H,5-6,10-15H2,1-4H3,(H,22,23). The molecule has 0 aliphatic heterocycles. The first kappa shape index (κ1) is 23.2. The van der Waals surface area contributed by atoms with E-state index in [1.807, 2.05) is 36.9 Å². The Balaban J connectivity index is 2.89. The number of carboxylic acid groups (broad SMARTS) is 1. The van der Waals surface area contributed by atoms with Crippen LogP contribution in [0, 0.1) is 0 Å². The fraction of sp³-hybridized carbons (Fsp3) is 0.650. The van der Waals surface area contributed by atoms with Gasteiger partial charge in [-0.25, -0.2) is 0 Å². The highest BCUT2D eigenvalue weighted by Gasteiger charge is 2.26. The van der Waals surface area contributed by atoms with Crippen LogP contribution in [-0.2, 0) is 20.7 Å². The number of hydrogen-bond acceptors (Lipinski definition) is 6. The molecule has 0 saturated heterocycles. The zero-order valence-electron chi connectivity index (χ0n) is 16.9. The van der Waals surface area contributed by atoms with E-state index in [0.717, 1.165) is 5.56 Å². The second-order valence-corrected chi connectivity index (χ2v) is 5.96. The fourth-order valence-corrected chi connectivity index (χ4v) is 2.99. The predicted octanol–water partition coefficient (Wildman–Crippen LogP) is 2.46. The average molecular weight is 383 g/mol. The van der Waals surface area contributed by atoms with Crippen molar-refractivity contribution in [2.24, 2.45) is 0 Å². The van der Waals surface area contributed by atoms with Crippen molar-refractivity contribution in [3.8, 4) is 11.5 Å². The van der Waals surface area contributed by atoms with Gasteiger partial charge < -0.3 is 24.1 Å². The van der Waals surface area contributed by atoms with Gasteiger partial charge in [0.25, 0.3) is 0 Å². The van der Waals surface area contributed by atoms with Crippen LogP contribution in [-0.4, -0.2) is 75.8 Å². The van der Waals surface area contributed by atoms with E-state index < -0.39 is 12.0 Å². The third-order valence-electron chi connectivity index (χ3n) is 4.38. The van der Waals surface area contributed by atoms with E-state index in [1.54, 1.807) is 14.2 Å². The van der Waals surface area contributed by atoms with Crippen LogP contribution >= 0.6 is 0 Å². The van der Waals surface area contributed by atoms with Gasteiger partial charge in [0.1, 0.15) is 17.5 Å². The minimum atomic E-state index is -0.850. The number of benzene rings is 1. The first-order valence-corrected chi connectivity index (χ1v) is 9.41. The number of nitrogens with zero attached hydrogens (tertiary/aromatic N) is 1. The molecule has 0 aromatic heterocycles. The fourth-order valence-electron chi connectivity index (χ4n) is 2.99. The lowest BCUT2D eigenvalue weighted by Crippen LogP contribution is -2.45. The van der Waals surface area contributed by atoms with Crippen LogP contribution in [0.4, 0.5) is 0 Å². The summed E-state index contributed by atoms with van der Waals surface area (Å²) in [4.78, 5) is 13.9. The van der Waals surface area contributed by atoms with Crippen molar-refractivity contribution in [2.75, 3.05) is 53.7 Å². The van der Waals surface area contributed by atoms with Crippen molar-refractivity contribution < 1.29 is 28.8 Å². The molecule has 0 aliphatic rings. The van der Waals surface area contributed by atoms with Gasteiger partial charge in [-0.2, -0.15) is 0 Å². The van der Waals surface area contributed by atoms with Crippen LogP contribution in [0.5, 0.6) is 11.5 Å². The molecule has 1 rings (SSSR count). The molecule has 1 unspecified atom stereocenters. The molecule has 1 atom stereocenters. The Kier molecular flexibility index (Phi) is 11.5. The molecule has 7 nitrogen and oxygen atoms in total. The summed E-state index contributed by atoms with van der Waals surface area (Å²) >= 11 is 0. The van der Waals surface area contributed by atoms with Gasteiger partial charge in [-0.3, -0.25) is 9.69 Å². The maximum absolute atomic E-state index is 12.0. The van der Waals surface area contributed by atoms with Crippen LogP contribution in [0.25, 0.3) is 0 Å². The third kappa shape index (κ3) is 7.74. The van der Waals surface area contributed by atoms with E-state index in [4.69, 9.17) is 18.9 Å². The lowest BCUT2D eigenvalue weighted by atomic mass is 10.0. The van der Waals surface area contributed by atoms with Crippen molar-refractivity contribution in [1.82, 2.24) is 4.90 Å². The minimum Gasteiger partial charge on any atom is -0.496 e. The Bertz CT molecular complexity index is 519. The number of hydrogen-bond donors (Lipinski definition) is 1. The molecule has 1 aromatic carbocycles. The molecule has 0 spiro atoms. The molecule has 0 radical (unpaired) electrons. The Labute approximate surface area is 162 Å².